The van der Waals surface area contributed by atoms with Crippen molar-refractivity contribution in [2.24, 2.45) is 11.1 Å². The quantitative estimate of drug-likeness (QED) is 0.731. The molecule has 0 heterocycles. The van der Waals surface area contributed by atoms with E-state index >= 15 is 0 Å². The average Bonchev–Trinajstić information content (AvgIpc) is 2.49. The third-order valence-electron chi connectivity index (χ3n) is 3.75. The molecular weight excluding hydrogens is 264 g/mol. The summed E-state index contributed by atoms with van der Waals surface area (Å²) in [7, 11) is 0. The van der Waals surface area contributed by atoms with Crippen molar-refractivity contribution >= 4 is 11.6 Å². The summed E-state index contributed by atoms with van der Waals surface area (Å²) in [4.78, 5) is 12.6. The molecule has 3 N–H and O–H groups in total. The number of anilines is 1. The maximum Gasteiger partial charge on any atom is 0.231 e. The number of hydrogen-bond acceptors (Lipinski definition) is 3. The molecule has 0 aliphatic rings. The second-order valence-electron chi connectivity index (χ2n) is 5.40. The highest BCUT2D eigenvalue weighted by molar-refractivity contribution is 5.95. The number of nitrogens with one attached hydrogen (secondary N) is 1. The summed E-state index contributed by atoms with van der Waals surface area (Å²) in [5.74, 6) is 0.834. The smallest absolute Gasteiger partial charge is 0.231 e. The van der Waals surface area contributed by atoms with Crippen LogP contribution in [0.2, 0.25) is 0 Å². The van der Waals surface area contributed by atoms with E-state index < -0.39 is 5.41 Å². The largest absolute Gasteiger partial charge is 0.494 e. The van der Waals surface area contributed by atoms with Crippen LogP contribution in [0.1, 0.15) is 46.5 Å². The van der Waals surface area contributed by atoms with Crippen LogP contribution in [-0.4, -0.2) is 19.1 Å². The summed E-state index contributed by atoms with van der Waals surface area (Å²) >= 11 is 0. The fourth-order valence-corrected chi connectivity index (χ4v) is 2.67. The molecule has 0 radical (unpaired) electrons. The molecule has 0 unspecified atom stereocenters. The Labute approximate surface area is 128 Å². The van der Waals surface area contributed by atoms with Crippen LogP contribution in [0.3, 0.4) is 0 Å². The Balaban J connectivity index is 2.80. The van der Waals surface area contributed by atoms with Crippen molar-refractivity contribution in [3.63, 3.8) is 0 Å². The summed E-state index contributed by atoms with van der Waals surface area (Å²) in [5.41, 5.74) is 6.25. The van der Waals surface area contributed by atoms with E-state index in [0.29, 0.717) is 13.2 Å². The molecule has 0 spiro atoms. The van der Waals surface area contributed by atoms with E-state index in [0.717, 1.165) is 37.1 Å². The van der Waals surface area contributed by atoms with Crippen LogP contribution in [0.4, 0.5) is 5.69 Å². The molecule has 1 aromatic rings. The van der Waals surface area contributed by atoms with Gasteiger partial charge in [0.2, 0.25) is 5.91 Å². The van der Waals surface area contributed by atoms with Gasteiger partial charge in [-0.3, -0.25) is 4.79 Å². The minimum absolute atomic E-state index is 0.0258. The fraction of sp³-hybridized carbons (Fsp3) is 0.588. The zero-order valence-electron chi connectivity index (χ0n) is 13.4. The molecular formula is C17H28N2O2. The molecule has 0 saturated heterocycles. The Morgan fingerprint density at radius 3 is 2.14 bits per heavy atom. The van der Waals surface area contributed by atoms with Crippen LogP contribution >= 0.6 is 0 Å². The van der Waals surface area contributed by atoms with Gasteiger partial charge in [-0.05, 0) is 44.0 Å². The molecule has 0 aliphatic carbocycles. The first-order valence-electron chi connectivity index (χ1n) is 7.86. The van der Waals surface area contributed by atoms with E-state index in [-0.39, 0.29) is 5.91 Å². The molecule has 21 heavy (non-hydrogen) atoms. The highest BCUT2D eigenvalue weighted by Crippen LogP contribution is 2.30. The minimum Gasteiger partial charge on any atom is -0.494 e. The molecule has 1 aromatic carbocycles. The average molecular weight is 292 g/mol. The van der Waals surface area contributed by atoms with Gasteiger partial charge < -0.3 is 15.8 Å². The van der Waals surface area contributed by atoms with E-state index in [4.69, 9.17) is 10.5 Å². The van der Waals surface area contributed by atoms with Gasteiger partial charge in [0.1, 0.15) is 5.75 Å². The molecule has 0 aliphatic heterocycles. The van der Waals surface area contributed by atoms with E-state index in [1.807, 2.05) is 31.2 Å². The van der Waals surface area contributed by atoms with Crippen molar-refractivity contribution in [3.05, 3.63) is 24.3 Å². The van der Waals surface area contributed by atoms with Gasteiger partial charge in [-0.2, -0.15) is 0 Å². The first kappa shape index (κ1) is 17.5. The molecule has 4 heteroatoms. The minimum atomic E-state index is -0.456. The van der Waals surface area contributed by atoms with Crippen LogP contribution in [0.5, 0.6) is 5.75 Å². The van der Waals surface area contributed by atoms with Crippen LogP contribution in [0.25, 0.3) is 0 Å². The first-order chi connectivity index (χ1) is 10.1. The zero-order valence-corrected chi connectivity index (χ0v) is 13.4. The number of amides is 1. The first-order valence-corrected chi connectivity index (χ1v) is 7.86. The fourth-order valence-electron chi connectivity index (χ4n) is 2.67. The summed E-state index contributed by atoms with van der Waals surface area (Å²) in [6.45, 7) is 7.14. The molecule has 0 aromatic heterocycles. The van der Waals surface area contributed by atoms with E-state index in [2.05, 4.69) is 19.2 Å². The molecule has 0 atom stereocenters. The van der Waals surface area contributed by atoms with Gasteiger partial charge in [-0.25, -0.2) is 0 Å². The number of carbonyl (C=O) groups is 1. The molecule has 0 saturated carbocycles. The summed E-state index contributed by atoms with van der Waals surface area (Å²) < 4.78 is 5.40. The molecule has 4 nitrogen and oxygen atoms in total. The standard InChI is InChI=1S/C17H28N2O2/c1-4-11-17(13-18,12-5-2)16(20)19-14-7-9-15(10-8-14)21-6-3/h7-10H,4-6,11-13,18H2,1-3H3,(H,19,20). The number of benzene rings is 1. The number of ether oxygens (including phenoxy) is 1. The lowest BCUT2D eigenvalue weighted by Crippen LogP contribution is -2.42. The molecule has 0 fully saturated rings. The number of rotatable bonds is 9. The SMILES string of the molecule is CCCC(CN)(CCC)C(=O)Nc1ccc(OCC)cc1. The molecule has 0 bridgehead atoms. The Morgan fingerprint density at radius 2 is 1.71 bits per heavy atom. The summed E-state index contributed by atoms with van der Waals surface area (Å²) in [6.07, 6.45) is 3.54. The van der Waals surface area contributed by atoms with Crippen LogP contribution < -0.4 is 15.8 Å². The lowest BCUT2D eigenvalue weighted by molar-refractivity contribution is -0.126. The van der Waals surface area contributed by atoms with Gasteiger partial charge in [0.25, 0.3) is 0 Å². The van der Waals surface area contributed by atoms with E-state index in [9.17, 15) is 4.79 Å². The van der Waals surface area contributed by atoms with Gasteiger partial charge in [0.15, 0.2) is 0 Å². The Kier molecular flexibility index (Phi) is 7.23. The Morgan fingerprint density at radius 1 is 1.14 bits per heavy atom. The van der Waals surface area contributed by atoms with E-state index in [1.165, 1.54) is 0 Å². The lowest BCUT2D eigenvalue weighted by atomic mass is 9.78. The highest BCUT2D eigenvalue weighted by Gasteiger charge is 2.35. The van der Waals surface area contributed by atoms with Crippen molar-refractivity contribution in [1.29, 1.82) is 0 Å². The van der Waals surface area contributed by atoms with Gasteiger partial charge >= 0.3 is 0 Å². The monoisotopic (exact) mass is 292 g/mol. The summed E-state index contributed by atoms with van der Waals surface area (Å²) in [6, 6.07) is 7.45. The van der Waals surface area contributed by atoms with Gasteiger partial charge in [-0.1, -0.05) is 26.7 Å². The predicted octanol–water partition coefficient (Wildman–Crippen LogP) is 3.57. The Bertz CT molecular complexity index is 423. The van der Waals surface area contributed by atoms with Crippen molar-refractivity contribution in [3.8, 4) is 5.75 Å². The topological polar surface area (TPSA) is 64.4 Å². The molecule has 1 amide bonds. The maximum absolute atomic E-state index is 12.6. The van der Waals surface area contributed by atoms with Gasteiger partial charge in [0.05, 0.1) is 12.0 Å². The van der Waals surface area contributed by atoms with Crippen LogP contribution in [-0.2, 0) is 4.79 Å². The van der Waals surface area contributed by atoms with Crippen LogP contribution in [0.15, 0.2) is 24.3 Å². The zero-order chi connectivity index (χ0) is 15.7. The second kappa shape index (κ2) is 8.67. The van der Waals surface area contributed by atoms with E-state index in [1.54, 1.807) is 0 Å². The lowest BCUT2D eigenvalue weighted by Gasteiger charge is -2.30. The predicted molar refractivity (Wildman–Crippen MR) is 87.5 cm³/mol. The number of nitrogens with two attached hydrogens (primary N) is 1. The van der Waals surface area contributed by atoms with Crippen molar-refractivity contribution in [1.82, 2.24) is 0 Å². The normalized spacial score (nSPS) is 11.2. The molecule has 1 rings (SSSR count). The molecule has 118 valence electrons. The third kappa shape index (κ3) is 4.74. The summed E-state index contributed by atoms with van der Waals surface area (Å²) in [5, 5.41) is 3.00. The van der Waals surface area contributed by atoms with Gasteiger partial charge in [-0.15, -0.1) is 0 Å². The van der Waals surface area contributed by atoms with Crippen molar-refractivity contribution in [2.75, 3.05) is 18.5 Å². The third-order valence-corrected chi connectivity index (χ3v) is 3.75. The Hall–Kier alpha value is -1.55. The van der Waals surface area contributed by atoms with Crippen LogP contribution in [0, 0.1) is 5.41 Å². The number of hydrogen-bond donors (Lipinski definition) is 2. The second-order valence-corrected chi connectivity index (χ2v) is 5.40. The van der Waals surface area contributed by atoms with Gasteiger partial charge in [0, 0.05) is 12.2 Å². The number of carbonyl (C=O) groups excluding carboxylic acids is 1. The maximum atomic E-state index is 12.6. The van der Waals surface area contributed by atoms with Crippen molar-refractivity contribution < 1.29 is 9.53 Å². The highest BCUT2D eigenvalue weighted by atomic mass is 16.5. The van der Waals surface area contributed by atoms with Crippen molar-refractivity contribution in [2.45, 2.75) is 46.5 Å².